The molecule has 1 amide bonds. The van der Waals surface area contributed by atoms with E-state index < -0.39 is 0 Å². The molecule has 0 aromatic rings. The van der Waals surface area contributed by atoms with Crippen LogP contribution >= 0.6 is 0 Å². The highest BCUT2D eigenvalue weighted by Gasteiger charge is 2.22. The largest absolute Gasteiger partial charge is 0.375 e. The smallest absolute Gasteiger partial charge is 0.222 e. The Morgan fingerprint density at radius 3 is 2.92 bits per heavy atom. The Bertz CT molecular complexity index is 173. The van der Waals surface area contributed by atoms with Gasteiger partial charge in [0.25, 0.3) is 0 Å². The summed E-state index contributed by atoms with van der Waals surface area (Å²) in [5, 5.41) is 0. The van der Waals surface area contributed by atoms with Gasteiger partial charge in [0.15, 0.2) is 0 Å². The number of hydrogen-bond donors (Lipinski definition) is 1. The third-order valence-electron chi connectivity index (χ3n) is 2.26. The van der Waals surface area contributed by atoms with Gasteiger partial charge < -0.3 is 15.4 Å². The summed E-state index contributed by atoms with van der Waals surface area (Å²) in [7, 11) is 0. The number of nitrogens with two attached hydrogens (primary N) is 1. The minimum absolute atomic E-state index is 0.00653. The van der Waals surface area contributed by atoms with Crippen LogP contribution in [0, 0.1) is 0 Å². The predicted molar refractivity (Wildman–Crippen MR) is 50.3 cm³/mol. The molecule has 13 heavy (non-hydrogen) atoms. The lowest BCUT2D eigenvalue weighted by molar-refractivity contribution is -0.129. The van der Waals surface area contributed by atoms with Crippen molar-refractivity contribution in [3.05, 3.63) is 0 Å². The van der Waals surface area contributed by atoms with Crippen LogP contribution in [0.3, 0.4) is 0 Å². The molecule has 1 heterocycles. The zero-order chi connectivity index (χ0) is 9.68. The van der Waals surface area contributed by atoms with Gasteiger partial charge in [0, 0.05) is 32.7 Å². The summed E-state index contributed by atoms with van der Waals surface area (Å²) in [5.74, 6) is 0.234. The number of likely N-dealkylation sites (tertiary alicyclic amines) is 1. The first-order valence-electron chi connectivity index (χ1n) is 4.87. The maximum absolute atomic E-state index is 11.3. The molecule has 0 aliphatic carbocycles. The molecule has 76 valence electrons. The number of amides is 1. The van der Waals surface area contributed by atoms with E-state index in [1.807, 2.05) is 11.8 Å². The number of carbonyl (C=O) groups excluding carboxylic acids is 1. The van der Waals surface area contributed by atoms with E-state index in [0.29, 0.717) is 26.1 Å². The van der Waals surface area contributed by atoms with Crippen LogP contribution in [0.2, 0.25) is 0 Å². The van der Waals surface area contributed by atoms with Gasteiger partial charge in [0.05, 0.1) is 6.10 Å². The lowest BCUT2D eigenvalue weighted by Gasteiger charge is -2.22. The van der Waals surface area contributed by atoms with Crippen molar-refractivity contribution in [2.45, 2.75) is 25.9 Å². The Labute approximate surface area is 79.0 Å². The summed E-state index contributed by atoms with van der Waals surface area (Å²) in [5.41, 5.74) is 5.52. The normalized spacial score (nSPS) is 19.5. The van der Waals surface area contributed by atoms with Crippen LogP contribution in [0.4, 0.5) is 0 Å². The average molecular weight is 186 g/mol. The molecule has 1 atom stereocenters. The second-order valence-electron chi connectivity index (χ2n) is 3.26. The van der Waals surface area contributed by atoms with Crippen LogP contribution in [-0.4, -0.2) is 43.2 Å². The van der Waals surface area contributed by atoms with E-state index >= 15 is 0 Å². The topological polar surface area (TPSA) is 55.6 Å². The molecule has 0 saturated carbocycles. The molecule has 1 aliphatic rings. The monoisotopic (exact) mass is 186 g/mol. The minimum Gasteiger partial charge on any atom is -0.375 e. The van der Waals surface area contributed by atoms with Gasteiger partial charge in [-0.1, -0.05) is 0 Å². The van der Waals surface area contributed by atoms with Crippen molar-refractivity contribution in [1.29, 1.82) is 0 Å². The van der Waals surface area contributed by atoms with E-state index in [0.717, 1.165) is 13.0 Å². The fraction of sp³-hybridized carbons (Fsp3) is 0.889. The predicted octanol–water partition coefficient (Wildman–Crippen LogP) is -0.0274. The molecule has 1 aliphatic heterocycles. The number of ether oxygens (including phenoxy) is 1. The summed E-state index contributed by atoms with van der Waals surface area (Å²) in [6.45, 7) is 4.60. The van der Waals surface area contributed by atoms with Crippen molar-refractivity contribution in [3.8, 4) is 0 Å². The molecule has 0 spiro atoms. The quantitative estimate of drug-likeness (QED) is 0.656. The van der Waals surface area contributed by atoms with Crippen LogP contribution in [-0.2, 0) is 9.53 Å². The van der Waals surface area contributed by atoms with Crippen LogP contribution in [0.25, 0.3) is 0 Å². The van der Waals surface area contributed by atoms with Crippen molar-refractivity contribution >= 4 is 5.91 Å². The number of rotatable bonds is 5. The molecular weight excluding hydrogens is 168 g/mol. The summed E-state index contributed by atoms with van der Waals surface area (Å²) in [6.07, 6.45) is 1.66. The molecule has 0 aromatic heterocycles. The average Bonchev–Trinajstić information content (AvgIpc) is 2.51. The maximum atomic E-state index is 11.3. The highest BCUT2D eigenvalue weighted by molar-refractivity contribution is 5.78. The van der Waals surface area contributed by atoms with Gasteiger partial charge in [-0.05, 0) is 13.3 Å². The third kappa shape index (κ3) is 2.97. The Balaban J connectivity index is 2.31. The highest BCUT2D eigenvalue weighted by atomic mass is 16.5. The summed E-state index contributed by atoms with van der Waals surface area (Å²) < 4.78 is 5.38. The van der Waals surface area contributed by atoms with Gasteiger partial charge in [-0.15, -0.1) is 0 Å². The summed E-state index contributed by atoms with van der Waals surface area (Å²) in [6, 6.07) is 0. The summed E-state index contributed by atoms with van der Waals surface area (Å²) in [4.78, 5) is 13.1. The van der Waals surface area contributed by atoms with Crippen molar-refractivity contribution in [3.63, 3.8) is 0 Å². The molecule has 0 radical (unpaired) electrons. The van der Waals surface area contributed by atoms with Crippen LogP contribution < -0.4 is 5.73 Å². The Morgan fingerprint density at radius 1 is 1.69 bits per heavy atom. The molecule has 2 N–H and O–H groups in total. The SMILES string of the molecule is CCOC(CN)CN1CCCC1=O. The van der Waals surface area contributed by atoms with Crippen molar-refractivity contribution < 1.29 is 9.53 Å². The molecule has 1 rings (SSSR count). The van der Waals surface area contributed by atoms with E-state index in [-0.39, 0.29) is 12.0 Å². The van der Waals surface area contributed by atoms with Crippen molar-refractivity contribution in [1.82, 2.24) is 4.90 Å². The standard InChI is InChI=1S/C9H18N2O2/c1-2-13-8(6-10)7-11-5-3-4-9(11)12/h8H,2-7,10H2,1H3. The molecule has 0 bridgehead atoms. The van der Waals surface area contributed by atoms with E-state index in [1.54, 1.807) is 0 Å². The molecular formula is C9H18N2O2. The number of hydrogen-bond acceptors (Lipinski definition) is 3. The fourth-order valence-electron chi connectivity index (χ4n) is 1.57. The number of nitrogens with zero attached hydrogens (tertiary/aromatic N) is 1. The lowest BCUT2D eigenvalue weighted by atomic mass is 10.3. The first-order valence-corrected chi connectivity index (χ1v) is 4.87. The van der Waals surface area contributed by atoms with E-state index in [4.69, 9.17) is 10.5 Å². The Hall–Kier alpha value is -0.610. The van der Waals surface area contributed by atoms with Crippen molar-refractivity contribution in [2.24, 2.45) is 5.73 Å². The van der Waals surface area contributed by atoms with Gasteiger partial charge in [-0.3, -0.25) is 4.79 Å². The maximum Gasteiger partial charge on any atom is 0.222 e. The van der Waals surface area contributed by atoms with Crippen molar-refractivity contribution in [2.75, 3.05) is 26.2 Å². The number of carbonyl (C=O) groups is 1. The Morgan fingerprint density at radius 2 is 2.46 bits per heavy atom. The van der Waals surface area contributed by atoms with Gasteiger partial charge in [0.2, 0.25) is 5.91 Å². The fourth-order valence-corrected chi connectivity index (χ4v) is 1.57. The van der Waals surface area contributed by atoms with Crippen LogP contribution in [0.1, 0.15) is 19.8 Å². The second-order valence-corrected chi connectivity index (χ2v) is 3.26. The van der Waals surface area contributed by atoms with E-state index in [2.05, 4.69) is 0 Å². The zero-order valence-corrected chi connectivity index (χ0v) is 8.16. The van der Waals surface area contributed by atoms with E-state index in [1.165, 1.54) is 0 Å². The first kappa shape index (κ1) is 10.5. The molecule has 1 unspecified atom stereocenters. The lowest BCUT2D eigenvalue weighted by Crippen LogP contribution is -2.38. The van der Waals surface area contributed by atoms with Crippen LogP contribution in [0.15, 0.2) is 0 Å². The molecule has 4 heteroatoms. The highest BCUT2D eigenvalue weighted by Crippen LogP contribution is 2.10. The molecule has 0 aromatic carbocycles. The van der Waals surface area contributed by atoms with Gasteiger partial charge in [-0.25, -0.2) is 0 Å². The second kappa shape index (κ2) is 5.19. The minimum atomic E-state index is 0.00653. The molecule has 1 fully saturated rings. The Kier molecular flexibility index (Phi) is 4.18. The van der Waals surface area contributed by atoms with Gasteiger partial charge >= 0.3 is 0 Å². The molecule has 4 nitrogen and oxygen atoms in total. The summed E-state index contributed by atoms with van der Waals surface area (Å²) >= 11 is 0. The first-order chi connectivity index (χ1) is 6.27. The third-order valence-corrected chi connectivity index (χ3v) is 2.26. The van der Waals surface area contributed by atoms with Gasteiger partial charge in [0.1, 0.15) is 0 Å². The van der Waals surface area contributed by atoms with E-state index in [9.17, 15) is 4.79 Å². The van der Waals surface area contributed by atoms with Gasteiger partial charge in [-0.2, -0.15) is 0 Å². The zero-order valence-electron chi connectivity index (χ0n) is 8.16. The van der Waals surface area contributed by atoms with Crippen LogP contribution in [0.5, 0.6) is 0 Å². The molecule has 1 saturated heterocycles.